The molecule has 0 aliphatic heterocycles. The van der Waals surface area contributed by atoms with Crippen LogP contribution >= 0.6 is 0 Å². The van der Waals surface area contributed by atoms with Gasteiger partial charge >= 0.3 is 0 Å². The van der Waals surface area contributed by atoms with Gasteiger partial charge in [0.2, 0.25) is 0 Å². The number of hydrogen-bond donors (Lipinski definition) is 1. The monoisotopic (exact) mass is 183 g/mol. The molecule has 1 aromatic rings. The van der Waals surface area contributed by atoms with Crippen LogP contribution < -0.4 is 5.73 Å². The van der Waals surface area contributed by atoms with Gasteiger partial charge in [0.05, 0.1) is 12.7 Å². The molecule has 13 heavy (non-hydrogen) atoms. The van der Waals surface area contributed by atoms with E-state index in [0.717, 1.165) is 5.56 Å². The zero-order chi connectivity index (χ0) is 9.84. The normalized spacial score (nSPS) is 10.8. The van der Waals surface area contributed by atoms with Crippen molar-refractivity contribution in [3.63, 3.8) is 0 Å². The van der Waals surface area contributed by atoms with E-state index < -0.39 is 0 Å². The van der Waals surface area contributed by atoms with Gasteiger partial charge in [-0.1, -0.05) is 6.07 Å². The number of benzene rings is 1. The van der Waals surface area contributed by atoms with Crippen LogP contribution in [0.25, 0.3) is 0 Å². The number of hydrogen-bond acceptors (Lipinski definition) is 2. The molecule has 0 bridgehead atoms. The lowest BCUT2D eigenvalue weighted by Crippen LogP contribution is -2.04. The van der Waals surface area contributed by atoms with Crippen LogP contribution in [0.5, 0.6) is 0 Å². The zero-order valence-corrected chi connectivity index (χ0v) is 7.88. The van der Waals surface area contributed by atoms with Gasteiger partial charge in [-0.05, 0) is 26.0 Å². The van der Waals surface area contributed by atoms with Gasteiger partial charge in [0, 0.05) is 11.3 Å². The maximum absolute atomic E-state index is 12.6. The van der Waals surface area contributed by atoms with Crippen molar-refractivity contribution in [2.45, 2.75) is 26.6 Å². The van der Waals surface area contributed by atoms with Crippen molar-refractivity contribution in [3.8, 4) is 0 Å². The average molecular weight is 183 g/mol. The Morgan fingerprint density at radius 1 is 1.46 bits per heavy atom. The van der Waals surface area contributed by atoms with Gasteiger partial charge in [0.1, 0.15) is 5.82 Å². The zero-order valence-electron chi connectivity index (χ0n) is 7.88. The number of halogens is 1. The lowest BCUT2D eigenvalue weighted by molar-refractivity contribution is 0.0660. The number of nitrogens with two attached hydrogens (primary N) is 1. The molecular formula is C10H14FNO. The first-order valence-electron chi connectivity index (χ1n) is 4.25. The minimum absolute atomic E-state index is 0.157. The van der Waals surface area contributed by atoms with E-state index in [1.807, 2.05) is 13.8 Å². The SMILES string of the molecule is CC(C)OCc1ccc(F)cc1N. The number of ether oxygens (including phenoxy) is 1. The van der Waals surface area contributed by atoms with E-state index in [4.69, 9.17) is 10.5 Å². The molecule has 0 unspecified atom stereocenters. The minimum Gasteiger partial charge on any atom is -0.398 e. The summed E-state index contributed by atoms with van der Waals surface area (Å²) in [4.78, 5) is 0. The van der Waals surface area contributed by atoms with Gasteiger partial charge < -0.3 is 10.5 Å². The van der Waals surface area contributed by atoms with Crippen molar-refractivity contribution in [2.75, 3.05) is 5.73 Å². The number of anilines is 1. The Morgan fingerprint density at radius 3 is 2.69 bits per heavy atom. The molecule has 0 heterocycles. The average Bonchev–Trinajstić information content (AvgIpc) is 2.02. The lowest BCUT2D eigenvalue weighted by Gasteiger charge is -2.09. The van der Waals surface area contributed by atoms with E-state index in [0.29, 0.717) is 12.3 Å². The Kier molecular flexibility index (Phi) is 3.25. The fourth-order valence-corrected chi connectivity index (χ4v) is 0.954. The van der Waals surface area contributed by atoms with Crippen molar-refractivity contribution in [1.82, 2.24) is 0 Å². The van der Waals surface area contributed by atoms with Crippen LogP contribution in [-0.2, 0) is 11.3 Å². The molecule has 0 aliphatic rings. The molecule has 0 amide bonds. The van der Waals surface area contributed by atoms with E-state index in [1.165, 1.54) is 12.1 Å². The van der Waals surface area contributed by atoms with Crippen LogP contribution in [0, 0.1) is 5.82 Å². The van der Waals surface area contributed by atoms with Crippen molar-refractivity contribution >= 4 is 5.69 Å². The molecule has 0 saturated carbocycles. The topological polar surface area (TPSA) is 35.2 Å². The first-order chi connectivity index (χ1) is 6.09. The van der Waals surface area contributed by atoms with Crippen molar-refractivity contribution in [2.24, 2.45) is 0 Å². The third-order valence-electron chi connectivity index (χ3n) is 1.68. The summed E-state index contributed by atoms with van der Waals surface area (Å²) in [6.07, 6.45) is 0.157. The second-order valence-electron chi connectivity index (χ2n) is 3.20. The summed E-state index contributed by atoms with van der Waals surface area (Å²) in [5, 5.41) is 0. The molecule has 1 rings (SSSR count). The molecule has 0 aliphatic carbocycles. The predicted molar refractivity (Wildman–Crippen MR) is 50.7 cm³/mol. The summed E-state index contributed by atoms with van der Waals surface area (Å²) >= 11 is 0. The van der Waals surface area contributed by atoms with E-state index in [9.17, 15) is 4.39 Å². The molecule has 0 radical (unpaired) electrons. The van der Waals surface area contributed by atoms with Crippen LogP contribution in [0.3, 0.4) is 0 Å². The van der Waals surface area contributed by atoms with Gasteiger partial charge in [-0.25, -0.2) is 4.39 Å². The molecule has 1 aromatic carbocycles. The first kappa shape index (κ1) is 9.99. The van der Waals surface area contributed by atoms with E-state index in [-0.39, 0.29) is 11.9 Å². The van der Waals surface area contributed by atoms with Crippen molar-refractivity contribution in [3.05, 3.63) is 29.6 Å². The van der Waals surface area contributed by atoms with Gasteiger partial charge in [0.15, 0.2) is 0 Å². The molecule has 72 valence electrons. The third kappa shape index (κ3) is 3.03. The smallest absolute Gasteiger partial charge is 0.125 e. The molecule has 0 fully saturated rings. The lowest BCUT2D eigenvalue weighted by atomic mass is 10.2. The summed E-state index contributed by atoms with van der Waals surface area (Å²) in [6.45, 7) is 4.32. The third-order valence-corrected chi connectivity index (χ3v) is 1.68. The van der Waals surface area contributed by atoms with Gasteiger partial charge in [-0.2, -0.15) is 0 Å². The van der Waals surface area contributed by atoms with E-state index in [1.54, 1.807) is 6.07 Å². The van der Waals surface area contributed by atoms with Crippen LogP contribution in [0.15, 0.2) is 18.2 Å². The van der Waals surface area contributed by atoms with Crippen LogP contribution in [0.4, 0.5) is 10.1 Å². The van der Waals surface area contributed by atoms with Gasteiger partial charge in [0.25, 0.3) is 0 Å². The standard InChI is InChI=1S/C10H14FNO/c1-7(2)13-6-8-3-4-9(11)5-10(8)12/h3-5,7H,6,12H2,1-2H3. The largest absolute Gasteiger partial charge is 0.398 e. The molecular weight excluding hydrogens is 169 g/mol. The van der Waals surface area contributed by atoms with Crippen molar-refractivity contribution in [1.29, 1.82) is 0 Å². The van der Waals surface area contributed by atoms with Crippen LogP contribution in [0.1, 0.15) is 19.4 Å². The fraction of sp³-hybridized carbons (Fsp3) is 0.400. The molecule has 2 nitrogen and oxygen atoms in total. The molecule has 3 heteroatoms. The number of nitrogen functional groups attached to an aromatic ring is 1. The Morgan fingerprint density at radius 2 is 2.15 bits per heavy atom. The quantitative estimate of drug-likeness (QED) is 0.730. The Balaban J connectivity index is 2.67. The van der Waals surface area contributed by atoms with Gasteiger partial charge in [-0.3, -0.25) is 0 Å². The molecule has 0 atom stereocenters. The van der Waals surface area contributed by atoms with Gasteiger partial charge in [-0.15, -0.1) is 0 Å². The minimum atomic E-state index is -0.314. The van der Waals surface area contributed by atoms with Crippen molar-refractivity contribution < 1.29 is 9.13 Å². The van der Waals surface area contributed by atoms with E-state index >= 15 is 0 Å². The molecule has 2 N–H and O–H groups in total. The number of rotatable bonds is 3. The second-order valence-corrected chi connectivity index (χ2v) is 3.20. The highest BCUT2D eigenvalue weighted by molar-refractivity contribution is 5.46. The predicted octanol–water partition coefficient (Wildman–Crippen LogP) is 2.33. The van der Waals surface area contributed by atoms with E-state index in [2.05, 4.69) is 0 Å². The first-order valence-corrected chi connectivity index (χ1v) is 4.25. The molecule has 0 aromatic heterocycles. The second kappa shape index (κ2) is 4.23. The van der Waals surface area contributed by atoms with Crippen LogP contribution in [0.2, 0.25) is 0 Å². The summed E-state index contributed by atoms with van der Waals surface area (Å²) in [5.74, 6) is -0.314. The summed E-state index contributed by atoms with van der Waals surface area (Å²) in [7, 11) is 0. The highest BCUT2D eigenvalue weighted by Gasteiger charge is 2.01. The summed E-state index contributed by atoms with van der Waals surface area (Å²) in [6, 6.07) is 4.33. The Hall–Kier alpha value is -1.09. The highest BCUT2D eigenvalue weighted by Crippen LogP contribution is 2.14. The summed E-state index contributed by atoms with van der Waals surface area (Å²) < 4.78 is 18.0. The maximum atomic E-state index is 12.6. The molecule has 0 spiro atoms. The van der Waals surface area contributed by atoms with Crippen LogP contribution in [-0.4, -0.2) is 6.10 Å². The Bertz CT molecular complexity index is 286. The fourth-order valence-electron chi connectivity index (χ4n) is 0.954. The summed E-state index contributed by atoms with van der Waals surface area (Å²) in [5.41, 5.74) is 6.86. The molecule has 0 saturated heterocycles. The maximum Gasteiger partial charge on any atom is 0.125 e. The highest BCUT2D eigenvalue weighted by atomic mass is 19.1. The Labute approximate surface area is 77.5 Å².